The molecule has 2 aromatic carbocycles. The molecule has 0 saturated carbocycles. The normalized spacial score (nSPS) is 22.9. The summed E-state index contributed by atoms with van der Waals surface area (Å²) in [6.45, 7) is 0.676. The summed E-state index contributed by atoms with van der Waals surface area (Å²) in [7, 11) is 0. The number of anilines is 1. The summed E-state index contributed by atoms with van der Waals surface area (Å²) in [5.74, 6) is -4.38. The number of likely N-dealkylation sites (tertiary alicyclic amines) is 1. The summed E-state index contributed by atoms with van der Waals surface area (Å²) in [5.41, 5.74) is 1.87. The Morgan fingerprint density at radius 3 is 2.55 bits per heavy atom. The van der Waals surface area contributed by atoms with E-state index in [1.165, 1.54) is 10.5 Å². The molecule has 2 fully saturated rings. The molecule has 3 aliphatic rings. The van der Waals surface area contributed by atoms with Crippen molar-refractivity contribution in [3.63, 3.8) is 0 Å². The minimum atomic E-state index is -1.63. The quantitative estimate of drug-likeness (QED) is 0.725. The highest BCUT2D eigenvalue weighted by Gasteiger charge is 2.50. The van der Waals surface area contributed by atoms with E-state index in [1.807, 2.05) is 24.3 Å². The minimum Gasteiger partial charge on any atom is -0.443 e. The number of carbonyl (C=O) groups is 2. The average Bonchev–Trinajstić information content (AvgIpc) is 3.28. The van der Waals surface area contributed by atoms with Crippen LogP contribution >= 0.6 is 0 Å². The zero-order valence-corrected chi connectivity index (χ0v) is 16.5. The molecule has 6 nitrogen and oxygen atoms in total. The summed E-state index contributed by atoms with van der Waals surface area (Å²) in [5, 5.41) is 2.29. The van der Waals surface area contributed by atoms with Crippen LogP contribution in [0.5, 0.6) is 0 Å². The van der Waals surface area contributed by atoms with Crippen molar-refractivity contribution in [2.24, 2.45) is 0 Å². The van der Waals surface area contributed by atoms with E-state index >= 15 is 0 Å². The number of nitrogens with zero attached hydrogens (tertiary/aromatic N) is 2. The Bertz CT molecular complexity index is 1060. The van der Waals surface area contributed by atoms with E-state index in [-0.39, 0.29) is 24.3 Å². The van der Waals surface area contributed by atoms with Gasteiger partial charge in [-0.2, -0.15) is 0 Å². The molecule has 9 heteroatoms. The van der Waals surface area contributed by atoms with Crippen LogP contribution in [0.15, 0.2) is 36.4 Å². The van der Waals surface area contributed by atoms with Crippen molar-refractivity contribution in [1.82, 2.24) is 9.80 Å². The Hall–Kier alpha value is -3.23. The molecule has 31 heavy (non-hydrogen) atoms. The zero-order chi connectivity index (χ0) is 21.7. The van der Waals surface area contributed by atoms with Crippen molar-refractivity contribution >= 4 is 17.8 Å². The van der Waals surface area contributed by atoms with Crippen LogP contribution in [0, 0.1) is 17.5 Å². The van der Waals surface area contributed by atoms with Gasteiger partial charge in [0.05, 0.1) is 11.7 Å². The maximum atomic E-state index is 13.8. The van der Waals surface area contributed by atoms with Crippen molar-refractivity contribution in [2.75, 3.05) is 18.4 Å². The molecule has 2 heterocycles. The van der Waals surface area contributed by atoms with Crippen LogP contribution in [0.4, 0.5) is 28.4 Å². The zero-order valence-electron chi connectivity index (χ0n) is 16.5. The molecule has 2 aliphatic heterocycles. The van der Waals surface area contributed by atoms with Gasteiger partial charge in [0.15, 0.2) is 17.5 Å². The second-order valence-corrected chi connectivity index (χ2v) is 8.05. The Kier molecular flexibility index (Phi) is 4.75. The van der Waals surface area contributed by atoms with Gasteiger partial charge in [-0.3, -0.25) is 4.90 Å². The Balaban J connectivity index is 1.25. The van der Waals surface area contributed by atoms with Crippen molar-refractivity contribution in [2.45, 2.75) is 37.5 Å². The number of rotatable bonds is 2. The van der Waals surface area contributed by atoms with Crippen LogP contribution < -0.4 is 5.32 Å². The minimum absolute atomic E-state index is 0.0855. The Morgan fingerprint density at radius 2 is 1.77 bits per heavy atom. The molecule has 0 bridgehead atoms. The molecule has 2 unspecified atom stereocenters. The van der Waals surface area contributed by atoms with E-state index in [1.54, 1.807) is 4.90 Å². The number of fused-ring (bicyclic) bond motifs is 3. The van der Waals surface area contributed by atoms with Gasteiger partial charge >= 0.3 is 12.1 Å². The molecule has 0 aromatic heterocycles. The number of ether oxygens (including phenoxy) is 1. The molecule has 2 atom stereocenters. The molecule has 3 amide bonds. The van der Waals surface area contributed by atoms with Gasteiger partial charge in [0.2, 0.25) is 0 Å². The van der Waals surface area contributed by atoms with Gasteiger partial charge in [-0.1, -0.05) is 24.3 Å². The molecular formula is C22H20F3N3O3. The maximum absolute atomic E-state index is 13.8. The third-order valence-electron chi connectivity index (χ3n) is 6.33. The fourth-order valence-corrected chi connectivity index (χ4v) is 4.82. The number of piperidine rings is 1. The molecule has 1 N–H and O–H groups in total. The number of amides is 3. The van der Waals surface area contributed by atoms with Crippen LogP contribution in [0.3, 0.4) is 0 Å². The van der Waals surface area contributed by atoms with Crippen LogP contribution in [-0.4, -0.2) is 47.2 Å². The van der Waals surface area contributed by atoms with Crippen LogP contribution in [-0.2, 0) is 11.2 Å². The van der Waals surface area contributed by atoms with Crippen molar-refractivity contribution in [3.8, 4) is 0 Å². The lowest BCUT2D eigenvalue weighted by Gasteiger charge is -2.37. The van der Waals surface area contributed by atoms with Crippen LogP contribution in [0.2, 0.25) is 0 Å². The molecule has 2 saturated heterocycles. The molecule has 2 aromatic rings. The highest BCUT2D eigenvalue weighted by atomic mass is 19.2. The first-order valence-corrected chi connectivity index (χ1v) is 10.2. The largest absolute Gasteiger partial charge is 0.443 e. The van der Waals surface area contributed by atoms with E-state index in [4.69, 9.17) is 4.74 Å². The molecule has 0 radical (unpaired) electrons. The highest BCUT2D eigenvalue weighted by Crippen LogP contribution is 2.44. The second-order valence-electron chi connectivity index (χ2n) is 8.05. The standard InChI is InChI=1S/C22H20F3N3O3/c23-15-5-6-16(19(25)18(15)24)26-21(29)27-9-7-13(8-10-27)28-20-14-4-2-1-3-12(14)11-17(20)31-22(28)30/h1-6,13,17,20H,7-11H2,(H,26,29). The number of carbonyl (C=O) groups excluding carboxylic acids is 2. The predicted molar refractivity (Wildman–Crippen MR) is 105 cm³/mol. The molecule has 162 valence electrons. The number of hydrogen-bond acceptors (Lipinski definition) is 3. The fourth-order valence-electron chi connectivity index (χ4n) is 4.82. The molecular weight excluding hydrogens is 411 g/mol. The third kappa shape index (κ3) is 3.28. The van der Waals surface area contributed by atoms with E-state index < -0.39 is 29.2 Å². The number of urea groups is 1. The van der Waals surface area contributed by atoms with Gasteiger partial charge < -0.3 is 15.0 Å². The Morgan fingerprint density at radius 1 is 1.03 bits per heavy atom. The number of nitrogens with one attached hydrogen (secondary N) is 1. The molecule has 0 spiro atoms. The molecule has 1 aliphatic carbocycles. The van der Waals surface area contributed by atoms with Gasteiger partial charge in [0.25, 0.3) is 0 Å². The summed E-state index contributed by atoms with van der Waals surface area (Å²) >= 11 is 0. The van der Waals surface area contributed by atoms with E-state index in [0.29, 0.717) is 32.4 Å². The lowest BCUT2D eigenvalue weighted by Crippen LogP contribution is -2.48. The van der Waals surface area contributed by atoms with E-state index in [0.717, 1.165) is 17.7 Å². The van der Waals surface area contributed by atoms with E-state index in [9.17, 15) is 22.8 Å². The van der Waals surface area contributed by atoms with Crippen molar-refractivity contribution < 1.29 is 27.5 Å². The van der Waals surface area contributed by atoms with Crippen LogP contribution in [0.1, 0.15) is 30.0 Å². The fraction of sp³-hybridized carbons (Fsp3) is 0.364. The number of halogens is 3. The second kappa shape index (κ2) is 7.47. The van der Waals surface area contributed by atoms with Gasteiger partial charge in [-0.25, -0.2) is 22.8 Å². The Labute approximate surface area is 176 Å². The number of benzene rings is 2. The van der Waals surface area contributed by atoms with Gasteiger partial charge in [0, 0.05) is 25.6 Å². The van der Waals surface area contributed by atoms with Crippen LogP contribution in [0.25, 0.3) is 0 Å². The monoisotopic (exact) mass is 431 g/mol. The summed E-state index contributed by atoms with van der Waals surface area (Å²) < 4.78 is 45.9. The van der Waals surface area contributed by atoms with Crippen molar-refractivity contribution in [3.05, 3.63) is 65.0 Å². The highest BCUT2D eigenvalue weighted by molar-refractivity contribution is 5.89. The van der Waals surface area contributed by atoms with E-state index in [2.05, 4.69) is 5.32 Å². The maximum Gasteiger partial charge on any atom is 0.411 e. The summed E-state index contributed by atoms with van der Waals surface area (Å²) in [6, 6.07) is 8.93. The molecule has 5 rings (SSSR count). The summed E-state index contributed by atoms with van der Waals surface area (Å²) in [4.78, 5) is 28.3. The summed E-state index contributed by atoms with van der Waals surface area (Å²) in [6.07, 6.45) is 1.24. The van der Waals surface area contributed by atoms with Gasteiger partial charge in [-0.15, -0.1) is 0 Å². The lowest BCUT2D eigenvalue weighted by molar-refractivity contribution is 0.113. The topological polar surface area (TPSA) is 61.9 Å². The van der Waals surface area contributed by atoms with Gasteiger partial charge in [0.1, 0.15) is 6.10 Å². The first-order chi connectivity index (χ1) is 14.9. The van der Waals surface area contributed by atoms with Gasteiger partial charge in [-0.05, 0) is 36.1 Å². The van der Waals surface area contributed by atoms with Crippen molar-refractivity contribution in [1.29, 1.82) is 0 Å². The lowest BCUT2D eigenvalue weighted by atomic mass is 9.99. The number of hydrogen-bond donors (Lipinski definition) is 1. The SMILES string of the molecule is O=C(Nc1ccc(F)c(F)c1F)N1CCC(N2C(=O)OC3Cc4ccccc4C32)CC1. The third-order valence-corrected chi connectivity index (χ3v) is 6.33. The average molecular weight is 431 g/mol. The first-order valence-electron chi connectivity index (χ1n) is 10.2. The smallest absolute Gasteiger partial charge is 0.411 e. The first kappa shape index (κ1) is 19.7. The predicted octanol–water partition coefficient (Wildman–Crippen LogP) is 4.22.